The zero-order valence-electron chi connectivity index (χ0n) is 12.6. The van der Waals surface area contributed by atoms with Gasteiger partial charge in [-0.15, -0.1) is 0 Å². The lowest BCUT2D eigenvalue weighted by Crippen LogP contribution is -2.49. The molecular weight excluding hydrogens is 288 g/mol. The number of benzene rings is 1. The van der Waals surface area contributed by atoms with E-state index in [0.717, 1.165) is 13.0 Å². The highest BCUT2D eigenvalue weighted by atomic mass is 32.2. The van der Waals surface area contributed by atoms with Gasteiger partial charge in [0.15, 0.2) is 0 Å². The molecule has 0 radical (unpaired) electrons. The SMILES string of the molecule is CC1(C)COCCC1NCCS(=O)(=O)Nc1ccccc1. The van der Waals surface area contributed by atoms with Crippen LogP contribution in [0.3, 0.4) is 0 Å². The molecule has 1 saturated heterocycles. The van der Waals surface area contributed by atoms with Crippen LogP contribution in [0.4, 0.5) is 5.69 Å². The summed E-state index contributed by atoms with van der Waals surface area (Å²) in [4.78, 5) is 0. The van der Waals surface area contributed by atoms with E-state index < -0.39 is 10.0 Å². The Morgan fingerprint density at radius 3 is 2.67 bits per heavy atom. The molecule has 1 aromatic carbocycles. The summed E-state index contributed by atoms with van der Waals surface area (Å²) in [6, 6.07) is 9.24. The average molecular weight is 312 g/mol. The minimum absolute atomic E-state index is 0.0366. The van der Waals surface area contributed by atoms with Gasteiger partial charge < -0.3 is 10.1 Å². The Balaban J connectivity index is 1.82. The molecule has 1 unspecified atom stereocenters. The maximum absolute atomic E-state index is 12.0. The molecular formula is C15H24N2O3S. The van der Waals surface area contributed by atoms with E-state index in [2.05, 4.69) is 23.9 Å². The lowest BCUT2D eigenvalue weighted by atomic mass is 9.82. The number of hydrogen-bond acceptors (Lipinski definition) is 4. The summed E-state index contributed by atoms with van der Waals surface area (Å²) in [5.74, 6) is 0.0648. The topological polar surface area (TPSA) is 67.4 Å². The van der Waals surface area contributed by atoms with Crippen molar-refractivity contribution in [3.8, 4) is 0 Å². The Hall–Kier alpha value is -1.11. The second-order valence-corrected chi connectivity index (χ2v) is 7.97. The van der Waals surface area contributed by atoms with Crippen LogP contribution in [0.1, 0.15) is 20.3 Å². The fraction of sp³-hybridized carbons (Fsp3) is 0.600. The van der Waals surface area contributed by atoms with Crippen molar-refractivity contribution < 1.29 is 13.2 Å². The number of ether oxygens (including phenoxy) is 1. The van der Waals surface area contributed by atoms with Gasteiger partial charge in [0, 0.05) is 30.3 Å². The average Bonchev–Trinajstić information content (AvgIpc) is 2.41. The molecule has 0 aromatic heterocycles. The third kappa shape index (κ3) is 4.98. The van der Waals surface area contributed by atoms with E-state index in [1.54, 1.807) is 24.3 Å². The number of anilines is 1. The first-order valence-corrected chi connectivity index (χ1v) is 8.91. The predicted molar refractivity (Wildman–Crippen MR) is 84.9 cm³/mol. The molecule has 0 saturated carbocycles. The predicted octanol–water partition coefficient (Wildman–Crippen LogP) is 1.83. The molecule has 6 heteroatoms. The van der Waals surface area contributed by atoms with Crippen molar-refractivity contribution in [2.75, 3.05) is 30.2 Å². The molecule has 2 N–H and O–H groups in total. The highest BCUT2D eigenvalue weighted by molar-refractivity contribution is 7.92. The van der Waals surface area contributed by atoms with Crippen molar-refractivity contribution in [3.05, 3.63) is 30.3 Å². The van der Waals surface area contributed by atoms with Gasteiger partial charge in [-0.05, 0) is 18.6 Å². The Morgan fingerprint density at radius 1 is 1.29 bits per heavy atom. The summed E-state index contributed by atoms with van der Waals surface area (Å²) in [6.45, 7) is 6.16. The zero-order chi connectivity index (χ0) is 15.3. The van der Waals surface area contributed by atoms with Crippen molar-refractivity contribution >= 4 is 15.7 Å². The van der Waals surface area contributed by atoms with Crippen molar-refractivity contribution in [1.29, 1.82) is 0 Å². The van der Waals surface area contributed by atoms with E-state index in [4.69, 9.17) is 4.74 Å². The quantitative estimate of drug-likeness (QED) is 0.841. The van der Waals surface area contributed by atoms with Crippen LogP contribution >= 0.6 is 0 Å². The minimum Gasteiger partial charge on any atom is -0.381 e. The van der Waals surface area contributed by atoms with E-state index in [9.17, 15) is 8.42 Å². The van der Waals surface area contributed by atoms with Crippen LogP contribution in [-0.4, -0.2) is 40.0 Å². The van der Waals surface area contributed by atoms with Crippen LogP contribution in [0.15, 0.2) is 30.3 Å². The van der Waals surface area contributed by atoms with Crippen LogP contribution in [0.5, 0.6) is 0 Å². The second kappa shape index (κ2) is 6.77. The monoisotopic (exact) mass is 312 g/mol. The van der Waals surface area contributed by atoms with Crippen molar-refractivity contribution in [3.63, 3.8) is 0 Å². The largest absolute Gasteiger partial charge is 0.381 e. The number of rotatable bonds is 6. The molecule has 0 amide bonds. The number of nitrogens with one attached hydrogen (secondary N) is 2. The van der Waals surface area contributed by atoms with Gasteiger partial charge in [-0.25, -0.2) is 8.42 Å². The number of hydrogen-bond donors (Lipinski definition) is 2. The number of sulfonamides is 1. The second-order valence-electron chi connectivity index (χ2n) is 6.12. The summed E-state index contributed by atoms with van der Waals surface area (Å²) in [6.07, 6.45) is 0.916. The molecule has 0 aliphatic carbocycles. The van der Waals surface area contributed by atoms with Crippen LogP contribution in [0.2, 0.25) is 0 Å². The molecule has 0 bridgehead atoms. The van der Waals surface area contributed by atoms with Gasteiger partial charge in [0.1, 0.15) is 0 Å². The molecule has 1 fully saturated rings. The third-order valence-electron chi connectivity index (χ3n) is 3.78. The van der Waals surface area contributed by atoms with Gasteiger partial charge in [-0.2, -0.15) is 0 Å². The molecule has 0 spiro atoms. The molecule has 21 heavy (non-hydrogen) atoms. The molecule has 1 aromatic rings. The first-order valence-electron chi connectivity index (χ1n) is 7.26. The standard InChI is InChI=1S/C15H24N2O3S/c1-15(2)12-20-10-8-14(15)16-9-11-21(18,19)17-13-6-4-3-5-7-13/h3-7,14,16-17H,8-12H2,1-2H3. The lowest BCUT2D eigenvalue weighted by Gasteiger charge is -2.38. The third-order valence-corrected chi connectivity index (χ3v) is 5.07. The Kier molecular flexibility index (Phi) is 5.24. The van der Waals surface area contributed by atoms with E-state index >= 15 is 0 Å². The maximum Gasteiger partial charge on any atom is 0.233 e. The summed E-state index contributed by atoms with van der Waals surface area (Å²) in [5.41, 5.74) is 0.637. The molecule has 1 aliphatic heterocycles. The Morgan fingerprint density at radius 2 is 2.00 bits per heavy atom. The molecule has 118 valence electrons. The molecule has 1 atom stereocenters. The zero-order valence-corrected chi connectivity index (χ0v) is 13.4. The molecule has 1 heterocycles. The minimum atomic E-state index is -3.32. The van der Waals surface area contributed by atoms with Gasteiger partial charge in [0.05, 0.1) is 12.4 Å². The highest BCUT2D eigenvalue weighted by Gasteiger charge is 2.32. The van der Waals surface area contributed by atoms with E-state index in [1.807, 2.05) is 6.07 Å². The van der Waals surface area contributed by atoms with Crippen LogP contribution in [-0.2, 0) is 14.8 Å². The Labute approximate surface area is 127 Å². The lowest BCUT2D eigenvalue weighted by molar-refractivity contribution is -0.0124. The normalized spacial score (nSPS) is 21.9. The van der Waals surface area contributed by atoms with Crippen molar-refractivity contribution in [1.82, 2.24) is 5.32 Å². The van der Waals surface area contributed by atoms with E-state index in [1.165, 1.54) is 0 Å². The summed E-state index contributed by atoms with van der Waals surface area (Å²) in [7, 11) is -3.32. The fourth-order valence-electron chi connectivity index (χ4n) is 2.51. The Bertz CT molecular complexity index is 543. The van der Waals surface area contributed by atoms with E-state index in [0.29, 0.717) is 18.8 Å². The van der Waals surface area contributed by atoms with Gasteiger partial charge in [0.2, 0.25) is 10.0 Å². The summed E-state index contributed by atoms with van der Waals surface area (Å²) in [5, 5.41) is 3.35. The molecule has 1 aliphatic rings. The van der Waals surface area contributed by atoms with Crippen LogP contribution in [0.25, 0.3) is 0 Å². The first-order chi connectivity index (χ1) is 9.89. The summed E-state index contributed by atoms with van der Waals surface area (Å²) < 4.78 is 32.1. The first kappa shape index (κ1) is 16.3. The highest BCUT2D eigenvalue weighted by Crippen LogP contribution is 2.27. The molecule has 2 rings (SSSR count). The summed E-state index contributed by atoms with van der Waals surface area (Å²) >= 11 is 0. The van der Waals surface area contributed by atoms with Gasteiger partial charge >= 0.3 is 0 Å². The van der Waals surface area contributed by atoms with E-state index in [-0.39, 0.29) is 17.2 Å². The smallest absolute Gasteiger partial charge is 0.233 e. The molecule has 5 nitrogen and oxygen atoms in total. The number of para-hydroxylation sites is 1. The maximum atomic E-state index is 12.0. The van der Waals surface area contributed by atoms with Gasteiger partial charge in [-0.3, -0.25) is 4.72 Å². The fourth-order valence-corrected chi connectivity index (χ4v) is 3.49. The van der Waals surface area contributed by atoms with Crippen molar-refractivity contribution in [2.24, 2.45) is 5.41 Å². The van der Waals surface area contributed by atoms with Crippen LogP contribution < -0.4 is 10.0 Å². The van der Waals surface area contributed by atoms with Crippen LogP contribution in [0, 0.1) is 5.41 Å². The van der Waals surface area contributed by atoms with Gasteiger partial charge in [-0.1, -0.05) is 32.0 Å². The van der Waals surface area contributed by atoms with Gasteiger partial charge in [0.25, 0.3) is 0 Å². The van der Waals surface area contributed by atoms with Crippen molar-refractivity contribution in [2.45, 2.75) is 26.3 Å².